The van der Waals surface area contributed by atoms with Crippen molar-refractivity contribution >= 4 is 27.6 Å². The standard InChI is InChI=1S/C28H26N2O6S/c1-3-4-18-36-23-14-16-24(17-15-23)37(33,34)30-19-22-12-8-9-13-25(22)29(20-26(30)28(32)35-2)27(31)21-10-6-5-7-11-21/h4-17,26H,1,18-20H2,2H3. The summed E-state index contributed by atoms with van der Waals surface area (Å²) in [5.74, 6) is -0.648. The molecule has 1 unspecified atom stereocenters. The summed E-state index contributed by atoms with van der Waals surface area (Å²) in [6.45, 7) is 3.37. The number of anilines is 1. The number of benzene rings is 3. The normalized spacial score (nSPS) is 15.6. The largest absolute Gasteiger partial charge is 0.489 e. The first-order valence-electron chi connectivity index (χ1n) is 11.5. The molecule has 37 heavy (non-hydrogen) atoms. The molecular formula is C28H26N2O6S. The van der Waals surface area contributed by atoms with Crippen LogP contribution in [0.25, 0.3) is 0 Å². The first-order valence-corrected chi connectivity index (χ1v) is 12.9. The van der Waals surface area contributed by atoms with E-state index in [0.29, 0.717) is 22.6 Å². The Balaban J connectivity index is 1.75. The molecule has 0 bridgehead atoms. The van der Waals surface area contributed by atoms with Crippen molar-refractivity contribution in [2.75, 3.05) is 25.2 Å². The van der Waals surface area contributed by atoms with Crippen molar-refractivity contribution in [2.24, 2.45) is 0 Å². The molecule has 4 rings (SSSR count). The van der Waals surface area contributed by atoms with Crippen LogP contribution in [-0.4, -0.2) is 50.9 Å². The van der Waals surface area contributed by atoms with E-state index in [4.69, 9.17) is 9.47 Å². The third-order valence-corrected chi connectivity index (χ3v) is 7.83. The lowest BCUT2D eigenvalue weighted by molar-refractivity contribution is -0.144. The Labute approximate surface area is 216 Å². The summed E-state index contributed by atoms with van der Waals surface area (Å²) in [7, 11) is -2.99. The molecule has 1 aliphatic rings. The fraction of sp³-hybridized carbons (Fsp3) is 0.179. The fourth-order valence-corrected chi connectivity index (χ4v) is 5.65. The maximum Gasteiger partial charge on any atom is 0.326 e. The van der Waals surface area contributed by atoms with Crippen LogP contribution in [0.2, 0.25) is 0 Å². The van der Waals surface area contributed by atoms with Crippen molar-refractivity contribution in [1.82, 2.24) is 4.31 Å². The van der Waals surface area contributed by atoms with E-state index in [9.17, 15) is 18.0 Å². The highest BCUT2D eigenvalue weighted by molar-refractivity contribution is 7.89. The smallest absolute Gasteiger partial charge is 0.326 e. The Hall–Kier alpha value is -4.17. The molecule has 9 heteroatoms. The number of fused-ring (bicyclic) bond motifs is 1. The van der Waals surface area contributed by atoms with Crippen LogP contribution >= 0.6 is 0 Å². The quantitative estimate of drug-likeness (QED) is 0.349. The number of rotatable bonds is 7. The van der Waals surface area contributed by atoms with Crippen LogP contribution < -0.4 is 9.64 Å². The van der Waals surface area contributed by atoms with Crippen molar-refractivity contribution in [3.63, 3.8) is 0 Å². The summed E-state index contributed by atoms with van der Waals surface area (Å²) in [6.07, 6.45) is 1.60. The molecule has 0 saturated heterocycles. The molecule has 0 spiro atoms. The van der Waals surface area contributed by atoms with Crippen LogP contribution in [0.3, 0.4) is 0 Å². The van der Waals surface area contributed by atoms with Gasteiger partial charge in [0.2, 0.25) is 10.0 Å². The zero-order chi connectivity index (χ0) is 26.4. The van der Waals surface area contributed by atoms with Gasteiger partial charge in [0.15, 0.2) is 0 Å². The second-order valence-electron chi connectivity index (χ2n) is 8.19. The van der Waals surface area contributed by atoms with E-state index < -0.39 is 22.0 Å². The molecule has 3 aromatic carbocycles. The number of sulfonamides is 1. The highest BCUT2D eigenvalue weighted by Gasteiger charge is 2.42. The van der Waals surface area contributed by atoms with Gasteiger partial charge in [-0.2, -0.15) is 4.31 Å². The average Bonchev–Trinajstić information content (AvgIpc) is 3.11. The molecule has 0 aliphatic carbocycles. The van der Waals surface area contributed by atoms with Gasteiger partial charge in [-0.1, -0.05) is 43.0 Å². The first-order chi connectivity index (χ1) is 17.9. The Morgan fingerprint density at radius 1 is 1.03 bits per heavy atom. The number of carbonyl (C=O) groups is 2. The Morgan fingerprint density at radius 3 is 2.38 bits per heavy atom. The monoisotopic (exact) mass is 518 g/mol. The molecule has 0 aromatic heterocycles. The van der Waals surface area contributed by atoms with Gasteiger partial charge in [0, 0.05) is 17.8 Å². The van der Waals surface area contributed by atoms with Crippen LogP contribution in [0.15, 0.2) is 102 Å². The number of nitrogens with zero attached hydrogens (tertiary/aromatic N) is 2. The zero-order valence-electron chi connectivity index (χ0n) is 20.2. The van der Waals surface area contributed by atoms with E-state index in [-0.39, 0.29) is 30.5 Å². The minimum Gasteiger partial charge on any atom is -0.489 e. The Kier molecular flexibility index (Phi) is 7.89. The van der Waals surface area contributed by atoms with Crippen molar-refractivity contribution in [1.29, 1.82) is 0 Å². The third-order valence-electron chi connectivity index (χ3n) is 5.96. The van der Waals surface area contributed by atoms with Crippen LogP contribution in [0.5, 0.6) is 5.75 Å². The number of methoxy groups -OCH3 is 1. The van der Waals surface area contributed by atoms with E-state index in [1.165, 1.54) is 36.3 Å². The van der Waals surface area contributed by atoms with Gasteiger partial charge in [0.25, 0.3) is 5.91 Å². The predicted octanol–water partition coefficient (Wildman–Crippen LogP) is 3.80. The number of hydrogen-bond acceptors (Lipinski definition) is 6. The summed E-state index contributed by atoms with van der Waals surface area (Å²) >= 11 is 0. The van der Waals surface area contributed by atoms with Gasteiger partial charge in [-0.15, -0.1) is 5.73 Å². The summed E-state index contributed by atoms with van der Waals surface area (Å²) in [5, 5.41) is 0. The molecule has 0 fully saturated rings. The minimum absolute atomic E-state index is 0.0201. The first kappa shape index (κ1) is 25.9. The molecule has 0 N–H and O–H groups in total. The topological polar surface area (TPSA) is 93.2 Å². The second-order valence-corrected chi connectivity index (χ2v) is 10.1. The van der Waals surface area contributed by atoms with E-state index in [1.807, 2.05) is 0 Å². The van der Waals surface area contributed by atoms with Crippen LogP contribution in [0, 0.1) is 0 Å². The van der Waals surface area contributed by atoms with Gasteiger partial charge < -0.3 is 14.4 Å². The molecule has 1 heterocycles. The zero-order valence-corrected chi connectivity index (χ0v) is 21.1. The molecule has 0 radical (unpaired) electrons. The molecule has 0 saturated carbocycles. The average molecular weight is 519 g/mol. The van der Waals surface area contributed by atoms with Crippen LogP contribution in [0.1, 0.15) is 15.9 Å². The van der Waals surface area contributed by atoms with Gasteiger partial charge in [0.05, 0.1) is 18.6 Å². The van der Waals surface area contributed by atoms with E-state index in [2.05, 4.69) is 12.3 Å². The van der Waals surface area contributed by atoms with Crippen LogP contribution in [0.4, 0.5) is 5.69 Å². The van der Waals surface area contributed by atoms with E-state index >= 15 is 0 Å². The van der Waals surface area contributed by atoms with Gasteiger partial charge in [-0.3, -0.25) is 9.59 Å². The fourth-order valence-electron chi connectivity index (χ4n) is 4.10. The Bertz CT molecular complexity index is 1430. The van der Waals surface area contributed by atoms with Crippen molar-refractivity contribution in [3.05, 3.63) is 108 Å². The maximum atomic E-state index is 13.8. The highest BCUT2D eigenvalue weighted by atomic mass is 32.2. The van der Waals surface area contributed by atoms with Gasteiger partial charge in [-0.05, 0) is 54.1 Å². The van der Waals surface area contributed by atoms with Gasteiger partial charge in [0.1, 0.15) is 18.4 Å². The molecule has 1 aliphatic heterocycles. The maximum absolute atomic E-state index is 13.8. The highest BCUT2D eigenvalue weighted by Crippen LogP contribution is 2.32. The van der Waals surface area contributed by atoms with Gasteiger partial charge in [-0.25, -0.2) is 8.42 Å². The van der Waals surface area contributed by atoms with E-state index in [0.717, 1.165) is 4.31 Å². The Morgan fingerprint density at radius 2 is 1.70 bits per heavy atom. The number of hydrogen-bond donors (Lipinski definition) is 0. The van der Waals surface area contributed by atoms with Crippen molar-refractivity contribution < 1.29 is 27.5 Å². The molecular weight excluding hydrogens is 492 g/mol. The molecule has 1 amide bonds. The van der Waals surface area contributed by atoms with E-state index in [1.54, 1.807) is 60.7 Å². The van der Waals surface area contributed by atoms with Crippen molar-refractivity contribution in [3.8, 4) is 5.75 Å². The number of amides is 1. The molecule has 3 aromatic rings. The van der Waals surface area contributed by atoms with Gasteiger partial charge >= 0.3 is 5.97 Å². The SMILES string of the molecule is C=C=CCOc1ccc(S(=O)(=O)N2Cc3ccccc3N(C(=O)c3ccccc3)CC2C(=O)OC)cc1. The number of esters is 1. The molecule has 1 atom stereocenters. The summed E-state index contributed by atoms with van der Waals surface area (Å²) in [6, 6.07) is 20.3. The minimum atomic E-state index is -4.18. The summed E-state index contributed by atoms with van der Waals surface area (Å²) in [4.78, 5) is 27.9. The number of para-hydroxylation sites is 1. The predicted molar refractivity (Wildman–Crippen MR) is 139 cm³/mol. The lowest BCUT2D eigenvalue weighted by Gasteiger charge is -2.29. The van der Waals surface area contributed by atoms with Crippen molar-refractivity contribution in [2.45, 2.75) is 17.5 Å². The molecule has 8 nitrogen and oxygen atoms in total. The second kappa shape index (κ2) is 11.3. The molecule has 190 valence electrons. The lowest BCUT2D eigenvalue weighted by Crippen LogP contribution is -2.50. The summed E-state index contributed by atoms with van der Waals surface area (Å²) in [5.41, 5.74) is 4.13. The lowest BCUT2D eigenvalue weighted by atomic mass is 10.1. The number of ether oxygens (including phenoxy) is 2. The van der Waals surface area contributed by atoms with Crippen LogP contribution in [-0.2, 0) is 26.1 Å². The summed E-state index contributed by atoms with van der Waals surface area (Å²) < 4.78 is 39.3. The third kappa shape index (κ3) is 5.49. The number of carbonyl (C=O) groups excluding carboxylic acids is 2.